The molecule has 3 nitrogen and oxygen atoms in total. The number of rotatable bonds is 1. The van der Waals surface area contributed by atoms with Crippen LogP contribution in [0.2, 0.25) is 0 Å². The van der Waals surface area contributed by atoms with E-state index >= 15 is 0 Å². The number of aromatic hydroxyl groups is 1. The molecule has 58 valence electrons. The highest BCUT2D eigenvalue weighted by Crippen LogP contribution is 2.12. The number of nitrogens with zero attached hydrogens (tertiary/aromatic N) is 1. The Bertz CT molecular complexity index is 286. The van der Waals surface area contributed by atoms with E-state index in [1.807, 2.05) is 0 Å². The van der Waals surface area contributed by atoms with E-state index in [2.05, 4.69) is 5.16 Å². The van der Waals surface area contributed by atoms with Gasteiger partial charge in [0.2, 0.25) is 0 Å². The highest BCUT2D eigenvalue weighted by molar-refractivity contribution is 5.80. The molecule has 0 aliphatic carbocycles. The van der Waals surface area contributed by atoms with Crippen molar-refractivity contribution in [1.29, 1.82) is 0 Å². The Balaban J connectivity index is 3.12. The molecule has 0 saturated heterocycles. The van der Waals surface area contributed by atoms with E-state index in [1.54, 1.807) is 0 Å². The zero-order valence-corrected chi connectivity index (χ0v) is 5.53. The standard InChI is InChI=1S/C7H6FNO2/c8-7-2-1-6(10)3-5(7)4-9-11/h1-4,10-11H/b9-4-. The molecule has 0 fully saturated rings. The van der Waals surface area contributed by atoms with Gasteiger partial charge >= 0.3 is 0 Å². The van der Waals surface area contributed by atoms with Crippen LogP contribution in [-0.4, -0.2) is 16.5 Å². The lowest BCUT2D eigenvalue weighted by Gasteiger charge is -1.95. The predicted octanol–water partition coefficient (Wildman–Crippen LogP) is 1.34. The number of benzene rings is 1. The molecule has 2 N–H and O–H groups in total. The number of hydrogen-bond acceptors (Lipinski definition) is 3. The molecule has 0 atom stereocenters. The number of halogens is 1. The lowest BCUT2D eigenvalue weighted by molar-refractivity contribution is 0.321. The Morgan fingerprint density at radius 2 is 2.18 bits per heavy atom. The molecule has 0 saturated carbocycles. The second-order valence-electron chi connectivity index (χ2n) is 1.95. The summed E-state index contributed by atoms with van der Waals surface area (Å²) in [5.41, 5.74) is 0.0486. The lowest BCUT2D eigenvalue weighted by Crippen LogP contribution is -1.86. The van der Waals surface area contributed by atoms with Crippen molar-refractivity contribution in [1.82, 2.24) is 0 Å². The van der Waals surface area contributed by atoms with Crippen LogP contribution in [0.5, 0.6) is 5.75 Å². The van der Waals surface area contributed by atoms with Crippen molar-refractivity contribution in [3.63, 3.8) is 0 Å². The molecule has 0 spiro atoms. The van der Waals surface area contributed by atoms with E-state index in [0.29, 0.717) is 0 Å². The fourth-order valence-corrected chi connectivity index (χ4v) is 0.692. The molecule has 1 aromatic rings. The third-order valence-corrected chi connectivity index (χ3v) is 1.18. The van der Waals surface area contributed by atoms with Gasteiger partial charge in [0, 0.05) is 5.56 Å². The van der Waals surface area contributed by atoms with Crippen molar-refractivity contribution in [2.75, 3.05) is 0 Å². The summed E-state index contributed by atoms with van der Waals surface area (Å²) in [5, 5.41) is 19.5. The quantitative estimate of drug-likeness (QED) is 0.365. The minimum absolute atomic E-state index is 0.0486. The van der Waals surface area contributed by atoms with Crippen LogP contribution in [0.1, 0.15) is 5.56 Å². The monoisotopic (exact) mass is 155 g/mol. The zero-order valence-electron chi connectivity index (χ0n) is 5.53. The molecule has 0 aliphatic rings. The van der Waals surface area contributed by atoms with Crippen LogP contribution in [0, 0.1) is 5.82 Å². The number of phenolic OH excluding ortho intramolecular Hbond substituents is 1. The van der Waals surface area contributed by atoms with Crippen LogP contribution in [0.4, 0.5) is 4.39 Å². The Morgan fingerprint density at radius 3 is 2.82 bits per heavy atom. The Hall–Kier alpha value is -1.58. The van der Waals surface area contributed by atoms with E-state index in [9.17, 15) is 4.39 Å². The van der Waals surface area contributed by atoms with Gasteiger partial charge < -0.3 is 10.3 Å². The Kier molecular flexibility index (Phi) is 2.06. The van der Waals surface area contributed by atoms with E-state index in [0.717, 1.165) is 18.3 Å². The molecule has 0 aromatic heterocycles. The third-order valence-electron chi connectivity index (χ3n) is 1.18. The smallest absolute Gasteiger partial charge is 0.132 e. The fourth-order valence-electron chi connectivity index (χ4n) is 0.692. The summed E-state index contributed by atoms with van der Waals surface area (Å²) in [4.78, 5) is 0. The summed E-state index contributed by atoms with van der Waals surface area (Å²) in [6.45, 7) is 0. The maximum atomic E-state index is 12.6. The van der Waals surface area contributed by atoms with Crippen LogP contribution in [0.15, 0.2) is 23.4 Å². The van der Waals surface area contributed by atoms with Crippen molar-refractivity contribution < 1.29 is 14.7 Å². The predicted molar refractivity (Wildman–Crippen MR) is 37.4 cm³/mol. The highest BCUT2D eigenvalue weighted by atomic mass is 19.1. The number of hydrogen-bond donors (Lipinski definition) is 2. The fraction of sp³-hybridized carbons (Fsp3) is 0. The van der Waals surface area contributed by atoms with Gasteiger partial charge in [0.1, 0.15) is 11.6 Å². The van der Waals surface area contributed by atoms with Crippen LogP contribution >= 0.6 is 0 Å². The average Bonchev–Trinajstić information content (AvgIpc) is 1.98. The summed E-state index contributed by atoms with van der Waals surface area (Å²) < 4.78 is 12.6. The van der Waals surface area contributed by atoms with Crippen molar-refractivity contribution in [3.8, 4) is 5.75 Å². The molecule has 0 aliphatic heterocycles. The molecule has 4 heteroatoms. The van der Waals surface area contributed by atoms with Crippen molar-refractivity contribution >= 4 is 6.21 Å². The van der Waals surface area contributed by atoms with Gasteiger partial charge in [-0.05, 0) is 18.2 Å². The first-order valence-electron chi connectivity index (χ1n) is 2.90. The van der Waals surface area contributed by atoms with E-state index < -0.39 is 5.82 Å². The molecule has 0 bridgehead atoms. The van der Waals surface area contributed by atoms with E-state index in [-0.39, 0.29) is 11.3 Å². The first-order chi connectivity index (χ1) is 5.24. The molecule has 11 heavy (non-hydrogen) atoms. The second-order valence-corrected chi connectivity index (χ2v) is 1.95. The summed E-state index contributed by atoms with van der Waals surface area (Å²) in [7, 11) is 0. The summed E-state index contributed by atoms with van der Waals surface area (Å²) in [6, 6.07) is 3.46. The highest BCUT2D eigenvalue weighted by Gasteiger charge is 1.99. The van der Waals surface area contributed by atoms with Crippen LogP contribution in [0.3, 0.4) is 0 Å². The maximum absolute atomic E-state index is 12.6. The van der Waals surface area contributed by atoms with Crippen LogP contribution in [-0.2, 0) is 0 Å². The molecule has 0 heterocycles. The van der Waals surface area contributed by atoms with Crippen LogP contribution in [0.25, 0.3) is 0 Å². The van der Waals surface area contributed by atoms with Gasteiger partial charge in [-0.25, -0.2) is 4.39 Å². The summed E-state index contributed by atoms with van der Waals surface area (Å²) in [6.07, 6.45) is 0.912. The van der Waals surface area contributed by atoms with Gasteiger partial charge in [-0.1, -0.05) is 5.16 Å². The molecular formula is C7H6FNO2. The first-order valence-corrected chi connectivity index (χ1v) is 2.90. The number of phenols is 1. The Labute approximate surface area is 62.4 Å². The van der Waals surface area contributed by atoms with Gasteiger partial charge in [0.25, 0.3) is 0 Å². The maximum Gasteiger partial charge on any atom is 0.132 e. The van der Waals surface area contributed by atoms with E-state index in [1.165, 1.54) is 6.07 Å². The lowest BCUT2D eigenvalue weighted by atomic mass is 10.2. The van der Waals surface area contributed by atoms with Gasteiger partial charge in [-0.15, -0.1) is 0 Å². The topological polar surface area (TPSA) is 52.8 Å². The van der Waals surface area contributed by atoms with Crippen LogP contribution < -0.4 is 0 Å². The Morgan fingerprint density at radius 1 is 1.45 bits per heavy atom. The minimum Gasteiger partial charge on any atom is -0.508 e. The molecule has 0 amide bonds. The zero-order chi connectivity index (χ0) is 8.27. The van der Waals surface area contributed by atoms with Gasteiger partial charge in [0.05, 0.1) is 6.21 Å². The van der Waals surface area contributed by atoms with E-state index in [4.69, 9.17) is 10.3 Å². The van der Waals surface area contributed by atoms with Gasteiger partial charge in [0.15, 0.2) is 0 Å². The molecule has 1 aromatic carbocycles. The molecule has 0 unspecified atom stereocenters. The van der Waals surface area contributed by atoms with Crippen molar-refractivity contribution in [2.45, 2.75) is 0 Å². The molecule has 0 radical (unpaired) electrons. The number of oxime groups is 1. The van der Waals surface area contributed by atoms with Gasteiger partial charge in [-0.3, -0.25) is 0 Å². The summed E-state index contributed by atoms with van der Waals surface area (Å²) >= 11 is 0. The molecule has 1 rings (SSSR count). The normalized spacial score (nSPS) is 10.6. The molecular weight excluding hydrogens is 149 g/mol. The first kappa shape index (κ1) is 7.53. The minimum atomic E-state index is -0.541. The third kappa shape index (κ3) is 1.67. The average molecular weight is 155 g/mol. The van der Waals surface area contributed by atoms with Crippen molar-refractivity contribution in [2.24, 2.45) is 5.16 Å². The van der Waals surface area contributed by atoms with Gasteiger partial charge in [-0.2, -0.15) is 0 Å². The largest absolute Gasteiger partial charge is 0.508 e. The summed E-state index contributed by atoms with van der Waals surface area (Å²) in [5.74, 6) is -0.609. The SMILES string of the molecule is O/N=C\c1cc(O)ccc1F. The van der Waals surface area contributed by atoms with Crippen molar-refractivity contribution in [3.05, 3.63) is 29.6 Å². The second kappa shape index (κ2) is 3.01.